The largest absolute Gasteiger partial charge is 0.376 e. The molecule has 3 rings (SSSR count). The van der Waals surface area contributed by atoms with E-state index in [0.717, 1.165) is 0 Å². The summed E-state index contributed by atoms with van der Waals surface area (Å²) in [6.07, 6.45) is 0.646. The van der Waals surface area contributed by atoms with Gasteiger partial charge in [-0.1, -0.05) is 6.92 Å². The van der Waals surface area contributed by atoms with Gasteiger partial charge in [0.15, 0.2) is 0 Å². The summed E-state index contributed by atoms with van der Waals surface area (Å²) in [7, 11) is 1.46. The summed E-state index contributed by atoms with van der Waals surface area (Å²) in [4.78, 5) is 36.6. The Labute approximate surface area is 125 Å². The minimum atomic E-state index is -1.81. The molecule has 1 aromatic carbocycles. The Kier molecular flexibility index (Phi) is 2.92. The van der Waals surface area contributed by atoms with E-state index in [4.69, 9.17) is 0 Å². The van der Waals surface area contributed by atoms with Crippen molar-refractivity contribution in [2.75, 3.05) is 18.5 Å². The predicted molar refractivity (Wildman–Crippen MR) is 76.0 cm³/mol. The van der Waals surface area contributed by atoms with Crippen LogP contribution in [0.5, 0.6) is 0 Å². The third kappa shape index (κ3) is 1.54. The fourth-order valence-electron chi connectivity index (χ4n) is 3.32. The summed E-state index contributed by atoms with van der Waals surface area (Å²) in [6, 6.07) is 3.36. The van der Waals surface area contributed by atoms with Crippen molar-refractivity contribution < 1.29 is 14.6 Å². The molecule has 2 aliphatic heterocycles. The molecule has 9 heteroatoms. The van der Waals surface area contributed by atoms with Crippen LogP contribution in [0.25, 0.3) is 0 Å². The Morgan fingerprint density at radius 1 is 1.32 bits per heavy atom. The first kappa shape index (κ1) is 14.4. The second-order valence-corrected chi connectivity index (χ2v) is 5.44. The molecular weight excluding hydrogens is 292 g/mol. The molecule has 0 radical (unpaired) electrons. The van der Waals surface area contributed by atoms with Gasteiger partial charge in [-0.15, -0.1) is 0 Å². The van der Waals surface area contributed by atoms with Crippen LogP contribution in [-0.4, -0.2) is 39.9 Å². The Balaban J connectivity index is 2.18. The monoisotopic (exact) mass is 306 g/mol. The average Bonchev–Trinajstić information content (AvgIpc) is 3.15. The van der Waals surface area contributed by atoms with E-state index in [-0.39, 0.29) is 5.69 Å². The van der Waals surface area contributed by atoms with Crippen molar-refractivity contribution in [3.8, 4) is 0 Å². The molecule has 116 valence electrons. The Morgan fingerprint density at radius 3 is 2.55 bits per heavy atom. The molecule has 0 aromatic heterocycles. The van der Waals surface area contributed by atoms with Gasteiger partial charge in [0.05, 0.1) is 9.85 Å². The summed E-state index contributed by atoms with van der Waals surface area (Å²) in [6.45, 7) is 2.24. The average molecular weight is 306 g/mol. The maximum Gasteiger partial charge on any atom is 0.376 e. The van der Waals surface area contributed by atoms with Crippen LogP contribution in [0.2, 0.25) is 0 Å². The Hall–Kier alpha value is -2.55. The lowest BCUT2D eigenvalue weighted by Crippen LogP contribution is -2.49. The van der Waals surface area contributed by atoms with Gasteiger partial charge in [-0.3, -0.25) is 25.0 Å². The van der Waals surface area contributed by atoms with Crippen LogP contribution < -0.4 is 4.90 Å². The Morgan fingerprint density at radius 2 is 2.00 bits per heavy atom. The van der Waals surface area contributed by atoms with Crippen LogP contribution in [0, 0.1) is 20.2 Å². The van der Waals surface area contributed by atoms with Gasteiger partial charge in [-0.2, -0.15) is 0 Å². The van der Waals surface area contributed by atoms with Crippen LogP contribution in [0.1, 0.15) is 24.9 Å². The first-order valence-corrected chi connectivity index (χ1v) is 6.85. The lowest BCUT2D eigenvalue weighted by molar-refractivity contribution is -0.535. The predicted octanol–water partition coefficient (Wildman–Crippen LogP) is 1.31. The van der Waals surface area contributed by atoms with E-state index in [1.165, 1.54) is 35.0 Å². The van der Waals surface area contributed by atoms with E-state index >= 15 is 0 Å². The summed E-state index contributed by atoms with van der Waals surface area (Å²) in [5.41, 5.74) is -1.01. The second kappa shape index (κ2) is 4.47. The number of rotatable bonds is 4. The zero-order valence-corrected chi connectivity index (χ0v) is 12.1. The standard InChI is InChI=1S/C13H14N4O5/c1-3-6-15-11-9-7-8(16(19)20)4-5-10(9)14(2)12(18)13(11,15)17(21)22/h4-5,7,11H,3,6H2,1-2H3/t11-,13+,15?/m1/s1. The van der Waals surface area contributed by atoms with Crippen LogP contribution in [0.4, 0.5) is 11.4 Å². The zero-order valence-electron chi connectivity index (χ0n) is 12.1. The van der Waals surface area contributed by atoms with Gasteiger partial charge in [0.1, 0.15) is 6.04 Å². The molecule has 22 heavy (non-hydrogen) atoms. The fourth-order valence-corrected chi connectivity index (χ4v) is 3.32. The molecule has 0 aliphatic carbocycles. The van der Waals surface area contributed by atoms with E-state index in [0.29, 0.717) is 24.2 Å². The van der Waals surface area contributed by atoms with Gasteiger partial charge in [0.25, 0.3) is 5.69 Å². The van der Waals surface area contributed by atoms with Gasteiger partial charge in [0.2, 0.25) is 0 Å². The first-order chi connectivity index (χ1) is 10.4. The molecule has 2 heterocycles. The number of anilines is 1. The third-order valence-corrected chi connectivity index (χ3v) is 4.30. The number of benzene rings is 1. The molecule has 0 N–H and O–H groups in total. The summed E-state index contributed by atoms with van der Waals surface area (Å²) < 4.78 is 0. The second-order valence-electron chi connectivity index (χ2n) is 5.44. The van der Waals surface area contributed by atoms with E-state index in [2.05, 4.69) is 0 Å². The van der Waals surface area contributed by atoms with Crippen molar-refractivity contribution in [2.24, 2.45) is 0 Å². The summed E-state index contributed by atoms with van der Waals surface area (Å²) in [5, 5.41) is 22.5. The van der Waals surface area contributed by atoms with Crippen molar-refractivity contribution in [2.45, 2.75) is 25.0 Å². The van der Waals surface area contributed by atoms with Crippen molar-refractivity contribution >= 4 is 17.3 Å². The van der Waals surface area contributed by atoms with E-state index in [1.807, 2.05) is 6.92 Å². The van der Waals surface area contributed by atoms with Crippen molar-refractivity contribution in [1.82, 2.24) is 4.90 Å². The zero-order chi connectivity index (χ0) is 16.2. The van der Waals surface area contributed by atoms with Gasteiger partial charge < -0.3 is 4.90 Å². The molecule has 1 unspecified atom stereocenters. The third-order valence-electron chi connectivity index (χ3n) is 4.30. The highest BCUT2D eigenvalue weighted by atomic mass is 16.6. The lowest BCUT2D eigenvalue weighted by Gasteiger charge is -2.25. The normalized spacial score (nSPS) is 28.8. The molecule has 0 bridgehead atoms. The molecule has 1 fully saturated rings. The number of hydrogen-bond acceptors (Lipinski definition) is 6. The summed E-state index contributed by atoms with van der Waals surface area (Å²) in [5.74, 6) is -0.600. The minimum Gasteiger partial charge on any atom is -0.308 e. The molecule has 9 nitrogen and oxygen atoms in total. The number of carbonyl (C=O) groups excluding carboxylic acids is 1. The highest BCUT2D eigenvalue weighted by Crippen LogP contribution is 2.60. The van der Waals surface area contributed by atoms with Gasteiger partial charge in [0, 0.05) is 37.0 Å². The molecule has 1 aromatic rings. The number of carbonyl (C=O) groups is 1. The SMILES string of the molecule is CCCN1[C@@H]2c3cc([N+](=O)[O-])ccc3N(C)C(=O)[C@@]21[N+](=O)[O-]. The number of nitro benzene ring substituents is 1. The topological polar surface area (TPSA) is 110 Å². The minimum absolute atomic E-state index is 0.137. The number of non-ortho nitro benzene ring substituents is 1. The highest BCUT2D eigenvalue weighted by molar-refractivity contribution is 6.05. The number of nitrogens with zero attached hydrogens (tertiary/aromatic N) is 4. The van der Waals surface area contributed by atoms with Crippen molar-refractivity contribution in [3.63, 3.8) is 0 Å². The molecule has 1 saturated heterocycles. The number of amides is 1. The number of fused-ring (bicyclic) bond motifs is 3. The fraction of sp³-hybridized carbons (Fsp3) is 0.462. The van der Waals surface area contributed by atoms with E-state index < -0.39 is 27.5 Å². The quantitative estimate of drug-likeness (QED) is 0.471. The summed E-state index contributed by atoms with van der Waals surface area (Å²) >= 11 is 0. The van der Waals surface area contributed by atoms with Crippen LogP contribution in [0.3, 0.4) is 0 Å². The lowest BCUT2D eigenvalue weighted by atomic mass is 9.97. The van der Waals surface area contributed by atoms with Gasteiger partial charge in [-0.25, -0.2) is 4.90 Å². The number of hydrogen-bond donors (Lipinski definition) is 0. The van der Waals surface area contributed by atoms with Crippen molar-refractivity contribution in [1.29, 1.82) is 0 Å². The van der Waals surface area contributed by atoms with Gasteiger partial charge in [-0.05, 0) is 12.5 Å². The Bertz CT molecular complexity index is 706. The smallest absolute Gasteiger partial charge is 0.308 e. The highest BCUT2D eigenvalue weighted by Gasteiger charge is 2.82. The van der Waals surface area contributed by atoms with Crippen LogP contribution in [0.15, 0.2) is 18.2 Å². The maximum atomic E-state index is 12.5. The molecule has 1 amide bonds. The van der Waals surface area contributed by atoms with Crippen LogP contribution >= 0.6 is 0 Å². The van der Waals surface area contributed by atoms with Crippen molar-refractivity contribution in [3.05, 3.63) is 44.0 Å². The maximum absolute atomic E-state index is 12.5. The molecular formula is C13H14N4O5. The van der Waals surface area contributed by atoms with Crippen LogP contribution in [-0.2, 0) is 4.79 Å². The molecule has 2 aliphatic rings. The van der Waals surface area contributed by atoms with E-state index in [1.54, 1.807) is 0 Å². The number of likely N-dealkylation sites (N-methyl/N-ethyl adjacent to an activating group) is 1. The molecule has 0 spiro atoms. The molecule has 0 saturated carbocycles. The van der Waals surface area contributed by atoms with Gasteiger partial charge >= 0.3 is 11.6 Å². The van der Waals surface area contributed by atoms with E-state index in [9.17, 15) is 25.0 Å². The number of nitro groups is 2. The molecule has 3 atom stereocenters. The first-order valence-electron chi connectivity index (χ1n) is 6.85.